The molecule has 7 nitrogen and oxygen atoms in total. The highest BCUT2D eigenvalue weighted by Crippen LogP contribution is 2.30. The van der Waals surface area contributed by atoms with Crippen LogP contribution in [0.4, 0.5) is 4.79 Å². The van der Waals surface area contributed by atoms with Crippen molar-refractivity contribution in [3.63, 3.8) is 0 Å². The van der Waals surface area contributed by atoms with Gasteiger partial charge in [-0.2, -0.15) is 0 Å². The van der Waals surface area contributed by atoms with Crippen molar-refractivity contribution < 1.29 is 19.1 Å². The molecule has 0 aromatic heterocycles. The Balaban J connectivity index is 2.21. The lowest BCUT2D eigenvalue weighted by molar-refractivity contribution is -0.140. The molecule has 7 heteroatoms. The number of fused-ring (bicyclic) bond motifs is 1. The fraction of sp³-hybridized carbons (Fsp3) is 0.706. The van der Waals surface area contributed by atoms with E-state index in [0.29, 0.717) is 19.5 Å². The predicted octanol–water partition coefficient (Wildman–Crippen LogP) is 1.15. The van der Waals surface area contributed by atoms with Crippen LogP contribution in [-0.2, 0) is 14.3 Å². The topological polar surface area (TPSA) is 79.0 Å². The summed E-state index contributed by atoms with van der Waals surface area (Å²) in [6.07, 6.45) is 5.00. The van der Waals surface area contributed by atoms with E-state index in [2.05, 4.69) is 5.32 Å². The van der Waals surface area contributed by atoms with Crippen molar-refractivity contribution in [2.45, 2.75) is 45.3 Å². The number of likely N-dealkylation sites (N-methyl/N-ethyl adjacent to an activating group) is 1. The number of carbonyl (C=O) groups excluding carboxylic acids is 3. The normalized spacial score (nSPS) is 25.6. The van der Waals surface area contributed by atoms with E-state index in [0.717, 1.165) is 6.42 Å². The number of nitrogens with one attached hydrogen (secondary N) is 1. The van der Waals surface area contributed by atoms with Gasteiger partial charge in [0.05, 0.1) is 6.54 Å². The zero-order valence-corrected chi connectivity index (χ0v) is 14.9. The van der Waals surface area contributed by atoms with Crippen LogP contribution in [0.1, 0.15) is 33.6 Å². The van der Waals surface area contributed by atoms with E-state index in [1.807, 2.05) is 12.2 Å². The molecule has 134 valence electrons. The zero-order chi connectivity index (χ0) is 17.9. The van der Waals surface area contributed by atoms with Gasteiger partial charge in [-0.05, 0) is 33.6 Å². The molecule has 0 radical (unpaired) electrons. The summed E-state index contributed by atoms with van der Waals surface area (Å²) >= 11 is 0. The zero-order valence-electron chi connectivity index (χ0n) is 14.9. The third-order valence-electron chi connectivity index (χ3n) is 4.20. The molecular formula is C17H27N3O4. The van der Waals surface area contributed by atoms with Crippen LogP contribution in [0, 0.1) is 5.92 Å². The van der Waals surface area contributed by atoms with Gasteiger partial charge >= 0.3 is 6.09 Å². The van der Waals surface area contributed by atoms with Gasteiger partial charge in [-0.15, -0.1) is 0 Å². The van der Waals surface area contributed by atoms with Crippen LogP contribution in [0.25, 0.3) is 0 Å². The Bertz CT molecular complexity index is 538. The summed E-state index contributed by atoms with van der Waals surface area (Å²) in [5.41, 5.74) is -0.614. The second-order valence-corrected chi connectivity index (χ2v) is 7.22. The molecule has 0 unspecified atom stereocenters. The van der Waals surface area contributed by atoms with Gasteiger partial charge in [0.2, 0.25) is 11.8 Å². The summed E-state index contributed by atoms with van der Waals surface area (Å²) in [5, 5.41) is 2.54. The molecule has 1 fully saturated rings. The molecule has 2 atom stereocenters. The average molecular weight is 337 g/mol. The molecule has 24 heavy (non-hydrogen) atoms. The predicted molar refractivity (Wildman–Crippen MR) is 89.2 cm³/mol. The van der Waals surface area contributed by atoms with Gasteiger partial charge in [-0.3, -0.25) is 14.5 Å². The van der Waals surface area contributed by atoms with Gasteiger partial charge in [0.15, 0.2) is 0 Å². The van der Waals surface area contributed by atoms with Gasteiger partial charge in [-0.25, -0.2) is 4.79 Å². The summed E-state index contributed by atoms with van der Waals surface area (Å²) in [7, 11) is 1.54. The number of hydrogen-bond donors (Lipinski definition) is 1. The monoisotopic (exact) mass is 337 g/mol. The number of amides is 3. The van der Waals surface area contributed by atoms with E-state index in [1.54, 1.807) is 27.8 Å². The van der Waals surface area contributed by atoms with Gasteiger partial charge in [0.25, 0.3) is 0 Å². The molecule has 2 rings (SSSR count). The number of likely N-dealkylation sites (tertiary alicyclic amines) is 1. The summed E-state index contributed by atoms with van der Waals surface area (Å²) in [4.78, 5) is 40.2. The molecule has 1 N–H and O–H groups in total. The van der Waals surface area contributed by atoms with E-state index >= 15 is 0 Å². The number of ether oxygens (including phenoxy) is 1. The lowest BCUT2D eigenvalue weighted by atomic mass is 9.96. The Morgan fingerprint density at radius 3 is 2.67 bits per heavy atom. The minimum Gasteiger partial charge on any atom is -0.444 e. The molecule has 2 heterocycles. The largest absolute Gasteiger partial charge is 0.444 e. The molecule has 2 aliphatic heterocycles. The van der Waals surface area contributed by atoms with Crippen molar-refractivity contribution in [3.8, 4) is 0 Å². The Labute approximate surface area is 143 Å². The molecule has 3 amide bonds. The maximum Gasteiger partial charge on any atom is 0.410 e. The first kappa shape index (κ1) is 18.3. The summed E-state index contributed by atoms with van der Waals surface area (Å²) in [6.45, 7) is 6.36. The van der Waals surface area contributed by atoms with Crippen LogP contribution in [0.3, 0.4) is 0 Å². The molecular weight excluding hydrogens is 310 g/mol. The second-order valence-electron chi connectivity index (χ2n) is 7.22. The van der Waals surface area contributed by atoms with E-state index in [1.165, 1.54) is 9.80 Å². The van der Waals surface area contributed by atoms with Gasteiger partial charge in [0, 0.05) is 26.1 Å². The van der Waals surface area contributed by atoms with Crippen molar-refractivity contribution in [2.24, 2.45) is 5.92 Å². The first-order valence-corrected chi connectivity index (χ1v) is 8.38. The maximum atomic E-state index is 13.0. The van der Waals surface area contributed by atoms with Crippen LogP contribution in [-0.4, -0.2) is 66.0 Å². The number of rotatable bonds is 2. The fourth-order valence-corrected chi connectivity index (χ4v) is 3.07. The molecule has 0 aliphatic carbocycles. The first-order valence-electron chi connectivity index (χ1n) is 8.38. The van der Waals surface area contributed by atoms with Gasteiger partial charge in [0.1, 0.15) is 11.6 Å². The highest BCUT2D eigenvalue weighted by molar-refractivity contribution is 5.90. The van der Waals surface area contributed by atoms with Crippen molar-refractivity contribution in [3.05, 3.63) is 12.2 Å². The minimum absolute atomic E-state index is 0.00848. The number of hydrogen-bond acceptors (Lipinski definition) is 4. The first-order chi connectivity index (χ1) is 11.2. The highest BCUT2D eigenvalue weighted by Gasteiger charge is 2.44. The van der Waals surface area contributed by atoms with Crippen molar-refractivity contribution in [2.75, 3.05) is 26.7 Å². The standard InChI is InChI=1S/C17H27N3O4/c1-17(2,3)24-16(23)20-10-8-12-7-5-6-9-19(11-13(21)18-4)15(22)14(12)20/h5,7,12,14H,6,8-11H2,1-4H3,(H,18,21)/b7-5-/t12-,14-/m0/s1. The molecule has 0 bridgehead atoms. The Morgan fingerprint density at radius 2 is 2.04 bits per heavy atom. The molecule has 2 aliphatic rings. The van der Waals surface area contributed by atoms with Gasteiger partial charge in [-0.1, -0.05) is 12.2 Å². The lowest BCUT2D eigenvalue weighted by Crippen LogP contribution is -2.53. The van der Waals surface area contributed by atoms with Gasteiger partial charge < -0.3 is 15.0 Å². The molecule has 0 aromatic carbocycles. The summed E-state index contributed by atoms with van der Waals surface area (Å²) < 4.78 is 5.44. The molecule has 0 aromatic rings. The van der Waals surface area contributed by atoms with E-state index in [4.69, 9.17) is 4.74 Å². The minimum atomic E-state index is -0.614. The Kier molecular flexibility index (Phi) is 5.51. The fourth-order valence-electron chi connectivity index (χ4n) is 3.07. The van der Waals surface area contributed by atoms with Crippen molar-refractivity contribution >= 4 is 17.9 Å². The quantitative estimate of drug-likeness (QED) is 0.767. The maximum absolute atomic E-state index is 13.0. The van der Waals surface area contributed by atoms with Crippen molar-refractivity contribution in [1.29, 1.82) is 0 Å². The van der Waals surface area contributed by atoms with Crippen LogP contribution >= 0.6 is 0 Å². The van der Waals surface area contributed by atoms with Crippen LogP contribution in [0.5, 0.6) is 0 Å². The number of carbonyl (C=O) groups is 3. The van der Waals surface area contributed by atoms with Crippen LogP contribution < -0.4 is 5.32 Å². The Morgan fingerprint density at radius 1 is 1.33 bits per heavy atom. The SMILES string of the molecule is CNC(=O)CN1CC/C=C\[C@H]2CCN(C(=O)OC(C)(C)C)[C@@H]2C1=O. The average Bonchev–Trinajstić information content (AvgIpc) is 2.89. The smallest absolute Gasteiger partial charge is 0.410 e. The van der Waals surface area contributed by atoms with Crippen LogP contribution in [0.15, 0.2) is 12.2 Å². The molecule has 0 spiro atoms. The van der Waals surface area contributed by atoms with E-state index in [9.17, 15) is 14.4 Å². The number of nitrogens with zero attached hydrogens (tertiary/aromatic N) is 2. The second kappa shape index (κ2) is 7.23. The van der Waals surface area contributed by atoms with Crippen molar-refractivity contribution in [1.82, 2.24) is 15.1 Å². The third kappa shape index (κ3) is 4.27. The molecule has 0 saturated carbocycles. The van der Waals surface area contributed by atoms with E-state index in [-0.39, 0.29) is 24.3 Å². The van der Waals surface area contributed by atoms with Crippen LogP contribution in [0.2, 0.25) is 0 Å². The molecule has 1 saturated heterocycles. The summed E-state index contributed by atoms with van der Waals surface area (Å²) in [5.74, 6) is -0.430. The Hall–Kier alpha value is -2.05. The highest BCUT2D eigenvalue weighted by atomic mass is 16.6. The van der Waals surface area contributed by atoms with E-state index < -0.39 is 17.7 Å². The lowest BCUT2D eigenvalue weighted by Gasteiger charge is -2.33. The summed E-state index contributed by atoms with van der Waals surface area (Å²) in [6, 6.07) is -0.596. The third-order valence-corrected chi connectivity index (χ3v) is 4.20.